The summed E-state index contributed by atoms with van der Waals surface area (Å²) in [5.41, 5.74) is 4.70. The van der Waals surface area contributed by atoms with Crippen molar-refractivity contribution in [3.8, 4) is 16.9 Å². The third-order valence-electron chi connectivity index (χ3n) is 8.94. The maximum Gasteiger partial charge on any atom is 0.222 e. The lowest BCUT2D eigenvalue weighted by Crippen LogP contribution is -2.49. The first-order valence-electron chi connectivity index (χ1n) is 16.3. The van der Waals surface area contributed by atoms with E-state index in [9.17, 15) is 25.2 Å². The Bertz CT molecular complexity index is 1500. The highest BCUT2D eigenvalue weighted by Gasteiger charge is 2.48. The lowest BCUT2D eigenvalue weighted by molar-refractivity contribution is -0.138. The molecule has 11 heteroatoms. The van der Waals surface area contributed by atoms with Gasteiger partial charge in [-0.05, 0) is 79.8 Å². The molecule has 47 heavy (non-hydrogen) atoms. The molecule has 5 rings (SSSR count). The molecule has 0 saturated heterocycles. The largest absolute Gasteiger partial charge is 0.490 e. The van der Waals surface area contributed by atoms with Gasteiger partial charge in [0.25, 0.3) is 0 Å². The monoisotopic (exact) mass is 668 g/mol. The first kappa shape index (κ1) is 35.2. The van der Waals surface area contributed by atoms with Crippen LogP contribution in [0.1, 0.15) is 61.6 Å². The van der Waals surface area contributed by atoms with Crippen LogP contribution in [0.3, 0.4) is 0 Å². The molecule has 0 spiro atoms. The predicted octanol–water partition coefficient (Wildman–Crippen LogP) is 3.76. The molecule has 1 heterocycles. The summed E-state index contributed by atoms with van der Waals surface area (Å²) in [6.45, 7) is -0.637. The summed E-state index contributed by atoms with van der Waals surface area (Å²) in [6, 6.07) is 16.1. The summed E-state index contributed by atoms with van der Waals surface area (Å²) in [4.78, 5) is 18.3. The molecule has 0 aliphatic heterocycles. The lowest BCUT2D eigenvalue weighted by Gasteiger charge is -2.28. The quantitative estimate of drug-likeness (QED) is 0.128. The average molecular weight is 669 g/mol. The Morgan fingerprint density at radius 1 is 1.02 bits per heavy atom. The number of para-hydroxylation sites is 1. The van der Waals surface area contributed by atoms with E-state index in [2.05, 4.69) is 17.1 Å². The summed E-state index contributed by atoms with van der Waals surface area (Å²) in [5, 5.41) is 49.0. The molecule has 2 aliphatic rings. The summed E-state index contributed by atoms with van der Waals surface area (Å²) in [5.74, 6) is 0.665. The fraction of sp³-hybridized carbons (Fsp3) is 0.500. The molecule has 0 radical (unpaired) electrons. The number of aliphatic hydroxyl groups is 5. The van der Waals surface area contributed by atoms with Crippen LogP contribution in [0.4, 0.5) is 0 Å². The zero-order valence-electron chi connectivity index (χ0n) is 26.7. The summed E-state index contributed by atoms with van der Waals surface area (Å²) < 4.78 is 12.8. The van der Waals surface area contributed by atoms with Gasteiger partial charge in [0.1, 0.15) is 30.2 Å². The first-order chi connectivity index (χ1) is 22.6. The van der Waals surface area contributed by atoms with Crippen LogP contribution in [0.5, 0.6) is 5.75 Å². The number of aryl methyl sites for hydroxylation is 1. The van der Waals surface area contributed by atoms with E-state index < -0.39 is 36.6 Å². The summed E-state index contributed by atoms with van der Waals surface area (Å²) >= 11 is 6.60. The number of pyridine rings is 1. The van der Waals surface area contributed by atoms with Crippen LogP contribution in [-0.4, -0.2) is 92.0 Å². The van der Waals surface area contributed by atoms with Gasteiger partial charge in [-0.2, -0.15) is 0 Å². The second kappa shape index (κ2) is 15.9. The van der Waals surface area contributed by atoms with E-state index >= 15 is 0 Å². The second-order valence-electron chi connectivity index (χ2n) is 12.7. The van der Waals surface area contributed by atoms with Gasteiger partial charge in [0.15, 0.2) is 0 Å². The topological polar surface area (TPSA) is 153 Å². The van der Waals surface area contributed by atoms with Crippen molar-refractivity contribution in [2.24, 2.45) is 0 Å². The number of ether oxygens (including phenoxy) is 2. The van der Waals surface area contributed by atoms with Crippen LogP contribution in [0.2, 0.25) is 5.02 Å². The molecule has 4 atom stereocenters. The number of rotatable bonds is 18. The molecule has 2 aromatic carbocycles. The molecule has 10 nitrogen and oxygen atoms in total. The molecular weight excluding hydrogens is 624 g/mol. The molecule has 3 aromatic rings. The van der Waals surface area contributed by atoms with Gasteiger partial charge >= 0.3 is 0 Å². The van der Waals surface area contributed by atoms with Gasteiger partial charge in [0.2, 0.25) is 5.91 Å². The van der Waals surface area contributed by atoms with Crippen molar-refractivity contribution in [2.45, 2.75) is 94.1 Å². The summed E-state index contributed by atoms with van der Waals surface area (Å²) in [6.07, 6.45) is 3.78. The number of carbonyl (C=O) groups excluding carboxylic acids is 1. The highest BCUT2D eigenvalue weighted by Crippen LogP contribution is 2.53. The first-order valence-corrected chi connectivity index (χ1v) is 16.7. The van der Waals surface area contributed by atoms with Gasteiger partial charge in [0, 0.05) is 48.6 Å². The van der Waals surface area contributed by atoms with Crippen LogP contribution >= 0.6 is 11.6 Å². The van der Waals surface area contributed by atoms with Gasteiger partial charge in [-0.1, -0.05) is 41.9 Å². The van der Waals surface area contributed by atoms with Gasteiger partial charge < -0.3 is 39.9 Å². The maximum atomic E-state index is 12.6. The average Bonchev–Trinajstić information content (AvgIpc) is 4.03. The predicted molar refractivity (Wildman–Crippen MR) is 177 cm³/mol. The number of aromatic nitrogens is 1. The van der Waals surface area contributed by atoms with Crippen LogP contribution in [0.15, 0.2) is 60.9 Å². The Kier molecular flexibility index (Phi) is 11.9. The van der Waals surface area contributed by atoms with Crippen LogP contribution < -0.4 is 4.74 Å². The fourth-order valence-corrected chi connectivity index (χ4v) is 5.89. The number of amides is 1. The number of hydrogen-bond acceptors (Lipinski definition) is 9. The third-order valence-corrected chi connectivity index (χ3v) is 9.31. The molecule has 0 bridgehead atoms. The number of hydrogen-bond donors (Lipinski definition) is 5. The van der Waals surface area contributed by atoms with Crippen molar-refractivity contribution in [2.75, 3.05) is 20.2 Å². The van der Waals surface area contributed by atoms with E-state index in [1.165, 1.54) is 11.9 Å². The van der Waals surface area contributed by atoms with Crippen LogP contribution in [0, 0.1) is 0 Å². The number of benzene rings is 2. The molecule has 1 amide bonds. The van der Waals surface area contributed by atoms with Crippen LogP contribution in [0.25, 0.3) is 11.1 Å². The fourth-order valence-electron chi connectivity index (χ4n) is 5.71. The van der Waals surface area contributed by atoms with Crippen molar-refractivity contribution in [1.29, 1.82) is 0 Å². The zero-order chi connectivity index (χ0) is 33.6. The Hall–Kier alpha value is -3.09. The van der Waals surface area contributed by atoms with Crippen molar-refractivity contribution < 1.29 is 39.8 Å². The maximum absolute atomic E-state index is 12.6. The van der Waals surface area contributed by atoms with Gasteiger partial charge in [-0.3, -0.25) is 9.78 Å². The van der Waals surface area contributed by atoms with E-state index in [0.717, 1.165) is 72.1 Å². The minimum Gasteiger partial charge on any atom is -0.490 e. The third kappa shape index (κ3) is 9.08. The van der Waals surface area contributed by atoms with E-state index in [0.29, 0.717) is 24.2 Å². The van der Waals surface area contributed by atoms with Gasteiger partial charge in [0.05, 0.1) is 24.9 Å². The highest BCUT2D eigenvalue weighted by molar-refractivity contribution is 6.31. The second-order valence-corrected chi connectivity index (χ2v) is 13.1. The standard InChI is InChI=1S/C36H45ClN2O8/c1-39(20-30(41)34(44)35(45)31(42)21-40)33(43)9-5-2-6-23-10-13-29(37)24(18-23)22-46-36(15-16-36)28-19-38-17-14-26(28)27-7-3-4-8-32(27)47-25-11-12-25/h3-4,7-8,10,13-14,17-19,25,30-31,34-35,40-42,44-45H,2,5-6,9,11-12,15-16,20-22H2,1H3/t30-,31+,34+,35+/m0/s1. The van der Waals surface area contributed by atoms with Crippen molar-refractivity contribution in [3.63, 3.8) is 0 Å². The molecule has 2 saturated carbocycles. The molecule has 2 fully saturated rings. The molecule has 0 unspecified atom stereocenters. The molecule has 1 aromatic heterocycles. The van der Waals surface area contributed by atoms with Crippen molar-refractivity contribution in [1.82, 2.24) is 9.88 Å². The minimum absolute atomic E-state index is 0.218. The SMILES string of the molecule is CN(C[C@H](O)[C@@H](O)[C@H](O)[C@H](O)CO)C(=O)CCCCc1ccc(Cl)c(COC2(c3cnccc3-c3ccccc3OC3CC3)CC2)c1. The smallest absolute Gasteiger partial charge is 0.222 e. The van der Waals surface area contributed by atoms with Crippen molar-refractivity contribution in [3.05, 3.63) is 82.6 Å². The highest BCUT2D eigenvalue weighted by atomic mass is 35.5. The molecule has 254 valence electrons. The van der Waals surface area contributed by atoms with Gasteiger partial charge in [-0.15, -0.1) is 0 Å². The minimum atomic E-state index is -1.73. The number of halogens is 1. The number of unbranched alkanes of at least 4 members (excludes halogenated alkanes) is 1. The van der Waals surface area contributed by atoms with Crippen molar-refractivity contribution >= 4 is 17.5 Å². The Morgan fingerprint density at radius 2 is 1.77 bits per heavy atom. The Labute approximate surface area is 280 Å². The molecule has 2 aliphatic carbocycles. The normalized spacial score (nSPS) is 17.9. The number of nitrogens with zero attached hydrogens (tertiary/aromatic N) is 2. The lowest BCUT2D eigenvalue weighted by atomic mass is 9.96. The summed E-state index contributed by atoms with van der Waals surface area (Å²) in [7, 11) is 1.50. The number of likely N-dealkylation sites (N-methyl/N-ethyl adjacent to an activating group) is 1. The van der Waals surface area contributed by atoms with E-state index in [1.807, 2.05) is 42.6 Å². The Morgan fingerprint density at radius 3 is 2.49 bits per heavy atom. The zero-order valence-corrected chi connectivity index (χ0v) is 27.4. The molecule has 5 N–H and O–H groups in total. The Balaban J connectivity index is 1.13. The van der Waals surface area contributed by atoms with E-state index in [4.69, 9.17) is 26.2 Å². The van der Waals surface area contributed by atoms with E-state index in [-0.39, 0.29) is 18.9 Å². The van der Waals surface area contributed by atoms with Gasteiger partial charge in [-0.25, -0.2) is 0 Å². The molecular formula is C36H45ClN2O8. The number of aliphatic hydroxyl groups excluding tert-OH is 5. The van der Waals surface area contributed by atoms with Crippen LogP contribution in [-0.2, 0) is 28.2 Å². The number of carbonyl (C=O) groups is 1. The van der Waals surface area contributed by atoms with E-state index in [1.54, 1.807) is 6.20 Å².